The van der Waals surface area contributed by atoms with E-state index in [4.69, 9.17) is 11.6 Å². The van der Waals surface area contributed by atoms with Gasteiger partial charge in [-0.3, -0.25) is 0 Å². The third kappa shape index (κ3) is 2.72. The number of rotatable bonds is 3. The Kier molecular flexibility index (Phi) is 4.36. The molecule has 0 aliphatic carbocycles. The molecule has 0 spiro atoms. The van der Waals surface area contributed by atoms with Crippen LogP contribution in [0.2, 0.25) is 5.02 Å². The van der Waals surface area contributed by atoms with Gasteiger partial charge in [-0.25, -0.2) is 4.39 Å². The molecule has 1 unspecified atom stereocenters. The highest BCUT2D eigenvalue weighted by atomic mass is 35.5. The molecule has 2 nitrogen and oxygen atoms in total. The smallest absolute Gasteiger partial charge is 0.165 e. The Hall–Kier alpha value is -0.800. The van der Waals surface area contributed by atoms with Crippen LogP contribution in [-0.4, -0.2) is 24.7 Å². The zero-order valence-corrected chi connectivity index (χ0v) is 12.6. The van der Waals surface area contributed by atoms with E-state index in [-0.39, 0.29) is 22.4 Å². The third-order valence-electron chi connectivity index (χ3n) is 4.37. The van der Waals surface area contributed by atoms with E-state index < -0.39 is 0 Å². The van der Waals surface area contributed by atoms with Crippen molar-refractivity contribution in [1.29, 1.82) is 0 Å². The van der Waals surface area contributed by atoms with Gasteiger partial charge in [-0.15, -0.1) is 0 Å². The van der Waals surface area contributed by atoms with Crippen molar-refractivity contribution in [1.82, 2.24) is 5.32 Å². The molecule has 1 saturated heterocycles. The van der Waals surface area contributed by atoms with E-state index in [2.05, 4.69) is 31.0 Å². The Balaban J connectivity index is 2.34. The van der Waals surface area contributed by atoms with Crippen molar-refractivity contribution in [3.05, 3.63) is 29.0 Å². The van der Waals surface area contributed by atoms with Crippen LogP contribution in [-0.2, 0) is 0 Å². The molecule has 0 amide bonds. The molecule has 0 radical (unpaired) electrons. The first-order chi connectivity index (χ1) is 9.03. The van der Waals surface area contributed by atoms with E-state index in [1.807, 2.05) is 12.1 Å². The van der Waals surface area contributed by atoms with Crippen molar-refractivity contribution in [3.63, 3.8) is 0 Å². The maximum absolute atomic E-state index is 14.2. The number of benzene rings is 1. The number of halogens is 2. The predicted molar refractivity (Wildman–Crippen MR) is 79.5 cm³/mol. The van der Waals surface area contributed by atoms with Crippen LogP contribution in [0.1, 0.15) is 33.6 Å². The number of anilines is 1. The second-order valence-electron chi connectivity index (χ2n) is 5.42. The molecule has 1 aliphatic heterocycles. The molecule has 1 atom stereocenters. The highest BCUT2D eigenvalue weighted by Gasteiger charge is 2.36. The van der Waals surface area contributed by atoms with Gasteiger partial charge in [-0.1, -0.05) is 31.5 Å². The minimum atomic E-state index is -0.306. The summed E-state index contributed by atoms with van der Waals surface area (Å²) < 4.78 is 14.2. The first kappa shape index (κ1) is 14.6. The second-order valence-corrected chi connectivity index (χ2v) is 5.83. The standard InChI is InChI=1S/C15H22ClFN2/c1-4-15(5-2)10-19(11(3)9-18-15)13-8-6-7-12(16)14(13)17/h6-8,11,18H,4-5,9-10H2,1-3H3. The molecule has 1 aromatic carbocycles. The van der Waals surface area contributed by atoms with Crippen molar-refractivity contribution < 1.29 is 4.39 Å². The summed E-state index contributed by atoms with van der Waals surface area (Å²) in [5.41, 5.74) is 0.689. The fourth-order valence-electron chi connectivity index (χ4n) is 2.77. The molecular formula is C15H22ClFN2. The first-order valence-electron chi connectivity index (χ1n) is 6.98. The summed E-state index contributed by atoms with van der Waals surface area (Å²) in [4.78, 5) is 2.14. The van der Waals surface area contributed by atoms with Crippen LogP contribution >= 0.6 is 11.6 Å². The van der Waals surface area contributed by atoms with Crippen LogP contribution < -0.4 is 10.2 Å². The largest absolute Gasteiger partial charge is 0.363 e. The zero-order chi connectivity index (χ0) is 14.0. The Morgan fingerprint density at radius 2 is 2.11 bits per heavy atom. The number of hydrogen-bond donors (Lipinski definition) is 1. The van der Waals surface area contributed by atoms with Crippen molar-refractivity contribution in [2.75, 3.05) is 18.0 Å². The molecule has 1 heterocycles. The van der Waals surface area contributed by atoms with E-state index in [0.29, 0.717) is 5.69 Å². The van der Waals surface area contributed by atoms with Crippen molar-refractivity contribution in [3.8, 4) is 0 Å². The fourth-order valence-corrected chi connectivity index (χ4v) is 2.94. The van der Waals surface area contributed by atoms with Crippen LogP contribution in [0.15, 0.2) is 18.2 Å². The Morgan fingerprint density at radius 1 is 1.42 bits per heavy atom. The average molecular weight is 285 g/mol. The number of hydrogen-bond acceptors (Lipinski definition) is 2. The molecule has 1 aromatic rings. The summed E-state index contributed by atoms with van der Waals surface area (Å²) in [6.07, 6.45) is 2.07. The molecule has 4 heteroatoms. The monoisotopic (exact) mass is 284 g/mol. The quantitative estimate of drug-likeness (QED) is 0.907. The lowest BCUT2D eigenvalue weighted by atomic mass is 9.88. The fraction of sp³-hybridized carbons (Fsp3) is 0.600. The van der Waals surface area contributed by atoms with Crippen molar-refractivity contribution >= 4 is 17.3 Å². The van der Waals surface area contributed by atoms with Gasteiger partial charge in [-0.05, 0) is 31.9 Å². The Bertz CT molecular complexity index is 446. The van der Waals surface area contributed by atoms with E-state index >= 15 is 0 Å². The Labute approximate surface area is 119 Å². The third-order valence-corrected chi connectivity index (χ3v) is 4.66. The molecule has 2 rings (SSSR count). The van der Waals surface area contributed by atoms with Gasteiger partial charge < -0.3 is 10.2 Å². The van der Waals surface area contributed by atoms with Gasteiger partial charge in [0.25, 0.3) is 0 Å². The van der Waals surface area contributed by atoms with Crippen molar-refractivity contribution in [2.24, 2.45) is 0 Å². The topological polar surface area (TPSA) is 15.3 Å². The lowest BCUT2D eigenvalue weighted by Gasteiger charge is -2.47. The minimum absolute atomic E-state index is 0.0707. The van der Waals surface area contributed by atoms with Crippen LogP contribution in [0.5, 0.6) is 0 Å². The van der Waals surface area contributed by atoms with Gasteiger partial charge in [0.1, 0.15) is 0 Å². The van der Waals surface area contributed by atoms with Crippen LogP contribution in [0.4, 0.5) is 10.1 Å². The van der Waals surface area contributed by atoms with Gasteiger partial charge in [0.15, 0.2) is 5.82 Å². The van der Waals surface area contributed by atoms with Gasteiger partial charge in [-0.2, -0.15) is 0 Å². The maximum atomic E-state index is 14.2. The Morgan fingerprint density at radius 3 is 2.74 bits per heavy atom. The normalized spacial score (nSPS) is 22.6. The first-order valence-corrected chi connectivity index (χ1v) is 7.36. The SMILES string of the molecule is CCC1(CC)CN(c2cccc(Cl)c2F)C(C)CN1. The molecular weight excluding hydrogens is 263 g/mol. The maximum Gasteiger partial charge on any atom is 0.165 e. The summed E-state index contributed by atoms with van der Waals surface area (Å²) in [6.45, 7) is 8.16. The molecule has 0 aromatic heterocycles. The number of piperazine rings is 1. The highest BCUT2D eigenvalue weighted by Crippen LogP contribution is 2.31. The zero-order valence-electron chi connectivity index (χ0n) is 11.8. The highest BCUT2D eigenvalue weighted by molar-refractivity contribution is 6.31. The molecule has 1 N–H and O–H groups in total. The van der Waals surface area contributed by atoms with E-state index in [1.165, 1.54) is 0 Å². The van der Waals surface area contributed by atoms with Crippen LogP contribution in [0, 0.1) is 5.82 Å². The van der Waals surface area contributed by atoms with Crippen LogP contribution in [0.25, 0.3) is 0 Å². The number of nitrogens with zero attached hydrogens (tertiary/aromatic N) is 1. The minimum Gasteiger partial charge on any atom is -0.363 e. The molecule has 19 heavy (non-hydrogen) atoms. The molecule has 106 valence electrons. The number of nitrogens with one attached hydrogen (secondary N) is 1. The molecule has 1 aliphatic rings. The molecule has 1 fully saturated rings. The van der Waals surface area contributed by atoms with Gasteiger partial charge >= 0.3 is 0 Å². The summed E-state index contributed by atoms with van der Waals surface area (Å²) in [5.74, 6) is -0.306. The van der Waals surface area contributed by atoms with E-state index in [1.54, 1.807) is 6.07 Å². The molecule has 0 bridgehead atoms. The van der Waals surface area contributed by atoms with Gasteiger partial charge in [0.2, 0.25) is 0 Å². The van der Waals surface area contributed by atoms with Gasteiger partial charge in [0, 0.05) is 24.7 Å². The summed E-state index contributed by atoms with van der Waals surface area (Å²) in [7, 11) is 0. The lowest BCUT2D eigenvalue weighted by Crippen LogP contribution is -2.63. The predicted octanol–water partition coefficient (Wildman–Crippen LogP) is 3.84. The second kappa shape index (κ2) is 5.68. The summed E-state index contributed by atoms with van der Waals surface area (Å²) in [6, 6.07) is 5.49. The van der Waals surface area contributed by atoms with Crippen molar-refractivity contribution in [2.45, 2.75) is 45.2 Å². The van der Waals surface area contributed by atoms with E-state index in [0.717, 1.165) is 25.9 Å². The van der Waals surface area contributed by atoms with Crippen LogP contribution in [0.3, 0.4) is 0 Å². The van der Waals surface area contributed by atoms with E-state index in [9.17, 15) is 4.39 Å². The summed E-state index contributed by atoms with van der Waals surface area (Å²) >= 11 is 5.90. The summed E-state index contributed by atoms with van der Waals surface area (Å²) in [5, 5.41) is 3.81. The molecule has 0 saturated carbocycles. The lowest BCUT2D eigenvalue weighted by molar-refractivity contribution is 0.252. The average Bonchev–Trinajstić information content (AvgIpc) is 2.43. The van der Waals surface area contributed by atoms with Gasteiger partial charge in [0.05, 0.1) is 10.7 Å².